The number of thiazole rings is 1. The predicted octanol–water partition coefficient (Wildman–Crippen LogP) is 4.58. The van der Waals surface area contributed by atoms with Gasteiger partial charge < -0.3 is 10.2 Å². The summed E-state index contributed by atoms with van der Waals surface area (Å²) in [5, 5.41) is 4.20. The van der Waals surface area contributed by atoms with Crippen LogP contribution in [-0.2, 0) is 0 Å². The van der Waals surface area contributed by atoms with E-state index in [0.717, 1.165) is 59.6 Å². The maximum absolute atomic E-state index is 12.5. The molecule has 1 amide bonds. The van der Waals surface area contributed by atoms with Gasteiger partial charge in [0.1, 0.15) is 0 Å². The van der Waals surface area contributed by atoms with Gasteiger partial charge in [-0.1, -0.05) is 30.4 Å². The molecule has 1 saturated heterocycles. The fourth-order valence-electron chi connectivity index (χ4n) is 3.84. The molecule has 4 rings (SSSR count). The SMILES string of the molecule is CCSc1cccc(C(=O)NCCN2CCN(c3nc4c(C)c(C)ccc4s3)CC2)c1. The number of aryl methyl sites for hydroxylation is 2. The normalized spacial score (nSPS) is 14.9. The van der Waals surface area contributed by atoms with E-state index < -0.39 is 0 Å². The summed E-state index contributed by atoms with van der Waals surface area (Å²) in [5.41, 5.74) is 4.47. The van der Waals surface area contributed by atoms with E-state index >= 15 is 0 Å². The first-order valence-electron chi connectivity index (χ1n) is 10.9. The molecule has 1 fully saturated rings. The molecule has 5 nitrogen and oxygen atoms in total. The van der Waals surface area contributed by atoms with Gasteiger partial charge in [0.05, 0.1) is 10.2 Å². The zero-order valence-electron chi connectivity index (χ0n) is 18.5. The maximum Gasteiger partial charge on any atom is 0.251 e. The second kappa shape index (κ2) is 10.0. The van der Waals surface area contributed by atoms with Crippen molar-refractivity contribution < 1.29 is 4.79 Å². The van der Waals surface area contributed by atoms with Gasteiger partial charge in [0.25, 0.3) is 5.91 Å². The molecule has 0 atom stereocenters. The minimum Gasteiger partial charge on any atom is -0.351 e. The summed E-state index contributed by atoms with van der Waals surface area (Å²) >= 11 is 3.55. The minimum absolute atomic E-state index is 0.0114. The molecule has 0 radical (unpaired) electrons. The van der Waals surface area contributed by atoms with Crippen LogP contribution in [0.2, 0.25) is 0 Å². The molecule has 0 spiro atoms. The van der Waals surface area contributed by atoms with Crippen molar-refractivity contribution in [1.82, 2.24) is 15.2 Å². The largest absolute Gasteiger partial charge is 0.351 e. The maximum atomic E-state index is 12.5. The molecule has 1 N–H and O–H groups in total. The number of carbonyl (C=O) groups excluding carboxylic acids is 1. The van der Waals surface area contributed by atoms with E-state index in [2.05, 4.69) is 54.1 Å². The number of benzene rings is 2. The van der Waals surface area contributed by atoms with Crippen LogP contribution >= 0.6 is 23.1 Å². The molecule has 164 valence electrons. The van der Waals surface area contributed by atoms with E-state index in [-0.39, 0.29) is 5.91 Å². The molecule has 0 unspecified atom stereocenters. The van der Waals surface area contributed by atoms with Crippen molar-refractivity contribution in [3.05, 3.63) is 53.1 Å². The predicted molar refractivity (Wildman–Crippen MR) is 133 cm³/mol. The van der Waals surface area contributed by atoms with Gasteiger partial charge in [0, 0.05) is 49.7 Å². The Kier molecular flexibility index (Phi) is 7.15. The van der Waals surface area contributed by atoms with Crippen LogP contribution in [0.3, 0.4) is 0 Å². The van der Waals surface area contributed by atoms with E-state index in [4.69, 9.17) is 4.98 Å². The van der Waals surface area contributed by atoms with Crippen molar-refractivity contribution >= 4 is 44.4 Å². The summed E-state index contributed by atoms with van der Waals surface area (Å²) in [5.74, 6) is 1.02. The molecular formula is C24H30N4OS2. The van der Waals surface area contributed by atoms with E-state index in [1.54, 1.807) is 23.1 Å². The van der Waals surface area contributed by atoms with Gasteiger partial charge in [-0.3, -0.25) is 9.69 Å². The van der Waals surface area contributed by atoms with Crippen molar-refractivity contribution in [2.75, 3.05) is 49.9 Å². The Hall–Kier alpha value is -2.09. The number of nitrogens with zero attached hydrogens (tertiary/aromatic N) is 3. The summed E-state index contributed by atoms with van der Waals surface area (Å²) in [6.07, 6.45) is 0. The number of piperazine rings is 1. The fraction of sp³-hybridized carbons (Fsp3) is 0.417. The third-order valence-corrected chi connectivity index (χ3v) is 7.79. The number of anilines is 1. The molecule has 0 bridgehead atoms. The molecule has 1 aliphatic rings. The third kappa shape index (κ3) is 5.22. The lowest BCUT2D eigenvalue weighted by atomic mass is 10.1. The van der Waals surface area contributed by atoms with Crippen LogP contribution in [0.5, 0.6) is 0 Å². The lowest BCUT2D eigenvalue weighted by Gasteiger charge is -2.34. The first-order chi connectivity index (χ1) is 15.0. The Bertz CT molecular complexity index is 1060. The van der Waals surface area contributed by atoms with Crippen molar-refractivity contribution in [1.29, 1.82) is 0 Å². The number of nitrogens with one attached hydrogen (secondary N) is 1. The standard InChI is InChI=1S/C24H30N4OS2/c1-4-30-20-7-5-6-19(16-20)23(29)25-10-11-27-12-14-28(15-13-27)24-26-22-18(3)17(2)8-9-21(22)31-24/h5-9,16H,4,10-15H2,1-3H3,(H,25,29). The van der Waals surface area contributed by atoms with Gasteiger partial charge in [-0.05, 0) is 55.0 Å². The lowest BCUT2D eigenvalue weighted by Crippen LogP contribution is -2.48. The molecule has 0 saturated carbocycles. The number of carbonyl (C=O) groups is 1. The number of amides is 1. The second-order valence-electron chi connectivity index (χ2n) is 7.90. The highest BCUT2D eigenvalue weighted by Gasteiger charge is 2.20. The highest BCUT2D eigenvalue weighted by atomic mass is 32.2. The molecule has 0 aliphatic carbocycles. The lowest BCUT2D eigenvalue weighted by molar-refractivity contribution is 0.0947. The highest BCUT2D eigenvalue weighted by Crippen LogP contribution is 2.32. The average Bonchev–Trinajstić information content (AvgIpc) is 3.22. The Balaban J connectivity index is 1.26. The number of aromatic nitrogens is 1. The first-order valence-corrected chi connectivity index (χ1v) is 12.7. The molecule has 3 aromatic rings. The molecule has 2 aromatic carbocycles. The van der Waals surface area contributed by atoms with Gasteiger partial charge in [0.15, 0.2) is 5.13 Å². The second-order valence-corrected chi connectivity index (χ2v) is 10.2. The van der Waals surface area contributed by atoms with Crippen molar-refractivity contribution in [2.24, 2.45) is 0 Å². The molecular weight excluding hydrogens is 424 g/mol. The highest BCUT2D eigenvalue weighted by molar-refractivity contribution is 7.99. The van der Waals surface area contributed by atoms with Crippen LogP contribution < -0.4 is 10.2 Å². The Morgan fingerprint density at radius 1 is 1.16 bits per heavy atom. The average molecular weight is 455 g/mol. The van der Waals surface area contributed by atoms with Crippen LogP contribution in [0.25, 0.3) is 10.2 Å². The third-order valence-electron chi connectivity index (χ3n) is 5.84. The van der Waals surface area contributed by atoms with Crippen molar-refractivity contribution in [3.63, 3.8) is 0 Å². The topological polar surface area (TPSA) is 48.5 Å². The molecule has 2 heterocycles. The molecule has 7 heteroatoms. The van der Waals surface area contributed by atoms with Crippen LogP contribution in [0.15, 0.2) is 41.3 Å². The fourth-order valence-corrected chi connectivity index (χ4v) is 5.63. The van der Waals surface area contributed by atoms with Crippen LogP contribution in [0.1, 0.15) is 28.4 Å². The summed E-state index contributed by atoms with van der Waals surface area (Å²) in [7, 11) is 0. The summed E-state index contributed by atoms with van der Waals surface area (Å²) < 4.78 is 1.27. The van der Waals surface area contributed by atoms with Crippen LogP contribution in [-0.4, -0.2) is 60.8 Å². The van der Waals surface area contributed by atoms with Crippen molar-refractivity contribution in [3.8, 4) is 0 Å². The zero-order valence-corrected chi connectivity index (χ0v) is 20.1. The first kappa shape index (κ1) is 22.1. The van der Waals surface area contributed by atoms with Crippen LogP contribution in [0, 0.1) is 13.8 Å². The smallest absolute Gasteiger partial charge is 0.251 e. The van der Waals surface area contributed by atoms with Gasteiger partial charge in [-0.25, -0.2) is 4.98 Å². The van der Waals surface area contributed by atoms with Gasteiger partial charge in [0.2, 0.25) is 0 Å². The molecule has 1 aromatic heterocycles. The van der Waals surface area contributed by atoms with E-state index in [9.17, 15) is 4.79 Å². The quantitative estimate of drug-likeness (QED) is 0.530. The number of fused-ring (bicyclic) bond motifs is 1. The van der Waals surface area contributed by atoms with E-state index in [1.165, 1.54) is 15.8 Å². The van der Waals surface area contributed by atoms with E-state index in [0.29, 0.717) is 6.54 Å². The Labute approximate surface area is 192 Å². The minimum atomic E-state index is 0.0114. The Morgan fingerprint density at radius 3 is 2.74 bits per heavy atom. The van der Waals surface area contributed by atoms with Crippen molar-refractivity contribution in [2.45, 2.75) is 25.7 Å². The molecule has 1 aliphatic heterocycles. The Morgan fingerprint density at radius 2 is 1.97 bits per heavy atom. The van der Waals surface area contributed by atoms with Gasteiger partial charge in [-0.15, -0.1) is 11.8 Å². The number of hydrogen-bond donors (Lipinski definition) is 1. The van der Waals surface area contributed by atoms with Crippen LogP contribution in [0.4, 0.5) is 5.13 Å². The molecule has 31 heavy (non-hydrogen) atoms. The zero-order chi connectivity index (χ0) is 21.8. The summed E-state index contributed by atoms with van der Waals surface area (Å²) in [4.78, 5) is 23.3. The monoisotopic (exact) mass is 454 g/mol. The van der Waals surface area contributed by atoms with E-state index in [1.807, 2.05) is 18.2 Å². The number of thioether (sulfide) groups is 1. The summed E-state index contributed by atoms with van der Waals surface area (Å²) in [6.45, 7) is 11.9. The van der Waals surface area contributed by atoms with Gasteiger partial charge >= 0.3 is 0 Å². The number of hydrogen-bond acceptors (Lipinski definition) is 6. The van der Waals surface area contributed by atoms with Gasteiger partial charge in [-0.2, -0.15) is 0 Å². The summed E-state index contributed by atoms with van der Waals surface area (Å²) in [6, 6.07) is 12.2. The number of rotatable bonds is 7.